The molecule has 1 fully saturated rings. The van der Waals surface area contributed by atoms with Crippen molar-refractivity contribution in [3.05, 3.63) is 28.2 Å². The zero-order chi connectivity index (χ0) is 24.4. The van der Waals surface area contributed by atoms with Crippen molar-refractivity contribution in [1.82, 2.24) is 14.3 Å². The molecule has 0 aliphatic carbocycles. The molecular formula is C22H29N5O4S2. The molecule has 0 unspecified atom stereocenters. The third-order valence-electron chi connectivity index (χ3n) is 4.95. The van der Waals surface area contributed by atoms with Crippen LogP contribution < -0.4 is 10.2 Å². The number of sulfonamides is 1. The molecule has 0 bridgehead atoms. The monoisotopic (exact) mass is 491 g/mol. The number of nitrogens with zero attached hydrogens (tertiary/aromatic N) is 4. The summed E-state index contributed by atoms with van der Waals surface area (Å²) in [6.07, 6.45) is 3.75. The van der Waals surface area contributed by atoms with E-state index in [0.29, 0.717) is 42.4 Å². The van der Waals surface area contributed by atoms with E-state index in [1.165, 1.54) is 16.7 Å². The Kier molecular flexibility index (Phi) is 7.31. The number of aromatic nitrogens is 2. The molecule has 2 aromatic heterocycles. The predicted molar refractivity (Wildman–Crippen MR) is 129 cm³/mol. The second kappa shape index (κ2) is 9.67. The van der Waals surface area contributed by atoms with Crippen LogP contribution in [0.2, 0.25) is 0 Å². The van der Waals surface area contributed by atoms with E-state index in [1.54, 1.807) is 25.1 Å². The quantitative estimate of drug-likeness (QED) is 0.593. The van der Waals surface area contributed by atoms with Gasteiger partial charge in [-0.15, -0.1) is 11.3 Å². The lowest BCUT2D eigenvalue weighted by molar-refractivity contribution is 0.0703. The van der Waals surface area contributed by atoms with Crippen molar-refractivity contribution < 1.29 is 18.3 Å². The smallest absolute Gasteiger partial charge is 0.348 e. The molecule has 1 aliphatic heterocycles. The number of nitrogens with one attached hydrogen (secondary N) is 1. The van der Waals surface area contributed by atoms with Crippen molar-refractivity contribution in [1.29, 1.82) is 0 Å². The Morgan fingerprint density at radius 3 is 2.36 bits per heavy atom. The van der Waals surface area contributed by atoms with Crippen molar-refractivity contribution in [3.63, 3.8) is 0 Å². The van der Waals surface area contributed by atoms with Crippen LogP contribution in [0.3, 0.4) is 0 Å². The summed E-state index contributed by atoms with van der Waals surface area (Å²) >= 11 is 1.14. The Morgan fingerprint density at radius 1 is 1.24 bits per heavy atom. The molecule has 33 heavy (non-hydrogen) atoms. The molecule has 3 rings (SSSR count). The van der Waals surface area contributed by atoms with Gasteiger partial charge in [0.25, 0.3) is 0 Å². The van der Waals surface area contributed by atoms with E-state index in [0.717, 1.165) is 11.3 Å². The van der Waals surface area contributed by atoms with Gasteiger partial charge in [-0.05, 0) is 39.7 Å². The molecule has 178 valence electrons. The minimum atomic E-state index is -3.69. The summed E-state index contributed by atoms with van der Waals surface area (Å²) in [4.78, 5) is 22.6. The molecule has 2 N–H and O–H groups in total. The summed E-state index contributed by atoms with van der Waals surface area (Å²) in [5.41, 5.74) is 0.344. The molecule has 0 saturated carbocycles. The lowest BCUT2D eigenvalue weighted by atomic mass is 9.98. The fourth-order valence-corrected chi connectivity index (χ4v) is 5.43. The maximum atomic E-state index is 13.0. The number of carboxylic acid groups (broad SMARTS) is 1. The lowest BCUT2D eigenvalue weighted by Gasteiger charge is -2.32. The summed E-state index contributed by atoms with van der Waals surface area (Å²) in [7, 11) is -0.123. The zero-order valence-corrected chi connectivity index (χ0v) is 21.0. The van der Waals surface area contributed by atoms with Crippen LogP contribution in [0.1, 0.15) is 48.2 Å². The molecule has 0 radical (unpaired) electrons. The molecule has 3 heterocycles. The molecular weight excluding hydrogens is 462 g/mol. The Hall–Kier alpha value is -2.68. The number of carboxylic acids is 1. The van der Waals surface area contributed by atoms with Gasteiger partial charge in [0.05, 0.1) is 23.0 Å². The zero-order valence-electron chi connectivity index (χ0n) is 19.4. The van der Waals surface area contributed by atoms with Gasteiger partial charge in [0.1, 0.15) is 9.77 Å². The Morgan fingerprint density at radius 2 is 1.85 bits per heavy atom. The Labute approximate surface area is 198 Å². The first-order valence-corrected chi connectivity index (χ1v) is 12.8. The summed E-state index contributed by atoms with van der Waals surface area (Å²) in [5, 5.41) is 12.9. The SMILES string of the molecule is CN(C)c1ncc(S(=O)(=O)N2CCC(Nc3cc(C#CC(C)(C)C)sc3C(=O)O)CC2)cn1. The summed E-state index contributed by atoms with van der Waals surface area (Å²) in [6.45, 7) is 6.62. The van der Waals surface area contributed by atoms with Gasteiger partial charge in [0.15, 0.2) is 0 Å². The first kappa shape index (κ1) is 25.0. The summed E-state index contributed by atoms with van der Waals surface area (Å²) in [5.74, 6) is 5.61. The van der Waals surface area contributed by atoms with Crippen molar-refractivity contribution in [2.45, 2.75) is 44.6 Å². The van der Waals surface area contributed by atoms with Gasteiger partial charge in [0, 0.05) is 38.6 Å². The van der Waals surface area contributed by atoms with E-state index in [2.05, 4.69) is 27.1 Å². The van der Waals surface area contributed by atoms with E-state index in [4.69, 9.17) is 0 Å². The van der Waals surface area contributed by atoms with Crippen LogP contribution in [-0.2, 0) is 10.0 Å². The number of rotatable bonds is 6. The van der Waals surface area contributed by atoms with Crippen LogP contribution in [0.25, 0.3) is 0 Å². The highest BCUT2D eigenvalue weighted by Gasteiger charge is 2.30. The summed E-state index contributed by atoms with van der Waals surface area (Å²) < 4.78 is 27.3. The molecule has 0 amide bonds. The van der Waals surface area contributed by atoms with Crippen LogP contribution in [0, 0.1) is 17.3 Å². The van der Waals surface area contributed by atoms with Crippen molar-refractivity contribution in [3.8, 4) is 11.8 Å². The van der Waals surface area contributed by atoms with Crippen LogP contribution >= 0.6 is 11.3 Å². The maximum absolute atomic E-state index is 13.0. The second-order valence-electron chi connectivity index (χ2n) is 9.09. The minimum absolute atomic E-state index is 0.0417. The topological polar surface area (TPSA) is 116 Å². The highest BCUT2D eigenvalue weighted by Crippen LogP contribution is 2.30. The highest BCUT2D eigenvalue weighted by atomic mass is 32.2. The normalized spacial score (nSPS) is 15.5. The van der Waals surface area contributed by atoms with Crippen LogP contribution in [-0.4, -0.2) is 67.0 Å². The largest absolute Gasteiger partial charge is 0.477 e. The second-order valence-corrected chi connectivity index (χ2v) is 12.1. The fourth-order valence-electron chi connectivity index (χ4n) is 3.25. The van der Waals surface area contributed by atoms with Crippen LogP contribution in [0.4, 0.5) is 11.6 Å². The molecule has 11 heteroatoms. The Balaban J connectivity index is 1.68. The van der Waals surface area contributed by atoms with E-state index in [1.807, 2.05) is 20.8 Å². The first-order valence-electron chi connectivity index (χ1n) is 10.5. The van der Waals surface area contributed by atoms with E-state index in [-0.39, 0.29) is 21.2 Å². The third kappa shape index (κ3) is 6.22. The number of thiophene rings is 1. The number of piperidine rings is 1. The molecule has 2 aromatic rings. The number of hydrogen-bond acceptors (Lipinski definition) is 8. The van der Waals surface area contributed by atoms with Gasteiger partial charge in [0.2, 0.25) is 16.0 Å². The maximum Gasteiger partial charge on any atom is 0.348 e. The van der Waals surface area contributed by atoms with E-state index < -0.39 is 16.0 Å². The molecule has 0 spiro atoms. The third-order valence-corrected chi connectivity index (χ3v) is 7.84. The number of anilines is 2. The summed E-state index contributed by atoms with van der Waals surface area (Å²) in [6, 6.07) is 1.72. The average Bonchev–Trinajstić information content (AvgIpc) is 3.15. The number of hydrogen-bond donors (Lipinski definition) is 2. The van der Waals surface area contributed by atoms with Gasteiger partial charge in [-0.2, -0.15) is 4.31 Å². The van der Waals surface area contributed by atoms with Gasteiger partial charge < -0.3 is 15.3 Å². The van der Waals surface area contributed by atoms with Crippen LogP contribution in [0.5, 0.6) is 0 Å². The number of aromatic carboxylic acids is 1. The molecule has 0 atom stereocenters. The molecule has 0 aromatic carbocycles. The average molecular weight is 492 g/mol. The van der Waals surface area contributed by atoms with Gasteiger partial charge >= 0.3 is 5.97 Å². The molecule has 1 aliphatic rings. The molecule has 1 saturated heterocycles. The van der Waals surface area contributed by atoms with Crippen molar-refractivity contribution in [2.75, 3.05) is 37.4 Å². The van der Waals surface area contributed by atoms with Gasteiger partial charge in [-0.1, -0.05) is 11.8 Å². The number of carbonyl (C=O) groups is 1. The van der Waals surface area contributed by atoms with Gasteiger partial charge in [-0.25, -0.2) is 23.2 Å². The predicted octanol–water partition coefficient (Wildman–Crippen LogP) is 2.97. The highest BCUT2D eigenvalue weighted by molar-refractivity contribution is 7.89. The van der Waals surface area contributed by atoms with Crippen molar-refractivity contribution >= 4 is 39.0 Å². The van der Waals surface area contributed by atoms with E-state index >= 15 is 0 Å². The first-order chi connectivity index (χ1) is 15.4. The molecule has 9 nitrogen and oxygen atoms in total. The van der Waals surface area contributed by atoms with Crippen molar-refractivity contribution in [2.24, 2.45) is 5.41 Å². The van der Waals surface area contributed by atoms with Crippen LogP contribution in [0.15, 0.2) is 23.4 Å². The fraction of sp³-hybridized carbons (Fsp3) is 0.500. The Bertz CT molecular complexity index is 1160. The minimum Gasteiger partial charge on any atom is -0.477 e. The van der Waals surface area contributed by atoms with E-state index in [9.17, 15) is 18.3 Å². The standard InChI is InChI=1S/C22H29N5O4S2/c1-22(2,3)9-6-16-12-18(19(32-16)20(28)29)25-15-7-10-27(11-8-15)33(30,31)17-13-23-21(24-14-17)26(4)5/h12-15,25H,7-8,10-11H2,1-5H3,(H,28,29). The van der Waals surface area contributed by atoms with Gasteiger partial charge in [-0.3, -0.25) is 0 Å². The lowest BCUT2D eigenvalue weighted by Crippen LogP contribution is -2.42.